The van der Waals surface area contributed by atoms with E-state index >= 15 is 0 Å². The lowest BCUT2D eigenvalue weighted by atomic mass is 9.68. The Labute approximate surface area is 206 Å². The molecule has 0 N–H and O–H groups in total. The Bertz CT molecular complexity index is 626. The van der Waals surface area contributed by atoms with E-state index in [0.717, 1.165) is 55.6 Å². The highest BCUT2D eigenvalue weighted by molar-refractivity contribution is 4.97. The summed E-state index contributed by atoms with van der Waals surface area (Å²) < 4.78 is 37.0. The third-order valence-electron chi connectivity index (χ3n) is 9.47. The van der Waals surface area contributed by atoms with Gasteiger partial charge < -0.3 is 9.47 Å². The van der Waals surface area contributed by atoms with E-state index in [1.807, 2.05) is 0 Å². The molecule has 0 amide bonds. The number of rotatable bonds is 8. The molecule has 4 fully saturated rings. The molecular weight excluding hydrogens is 430 g/mol. The van der Waals surface area contributed by atoms with Crippen molar-refractivity contribution in [2.24, 2.45) is 35.5 Å². The number of hydrogen-bond donors (Lipinski definition) is 0. The third-order valence-corrected chi connectivity index (χ3v) is 9.47. The molecule has 4 heteroatoms. The Hall–Kier alpha value is -0.740. The fourth-order valence-electron chi connectivity index (χ4n) is 7.32. The van der Waals surface area contributed by atoms with E-state index in [4.69, 9.17) is 9.47 Å². The molecule has 194 valence electrons. The molecule has 3 saturated carbocycles. The smallest absolute Gasteiger partial charge is 0.266 e. The molecule has 0 aromatic carbocycles. The second-order valence-electron chi connectivity index (χ2n) is 11.8. The van der Waals surface area contributed by atoms with Crippen LogP contribution in [-0.4, -0.2) is 25.4 Å². The summed E-state index contributed by atoms with van der Waals surface area (Å²) in [6.45, 7) is 3.59. The van der Waals surface area contributed by atoms with Crippen LogP contribution in [0, 0.1) is 35.5 Å². The van der Waals surface area contributed by atoms with Crippen LogP contribution in [0.2, 0.25) is 0 Å². The average Bonchev–Trinajstić information content (AvgIpc) is 2.87. The summed E-state index contributed by atoms with van der Waals surface area (Å²) in [5, 5.41) is 0. The lowest BCUT2D eigenvalue weighted by Gasteiger charge is -2.41. The maximum atomic E-state index is 12.5. The fourth-order valence-corrected chi connectivity index (χ4v) is 7.32. The SMILES string of the molecule is CCCOC1CCC(/C=C/C2CCC(C3CCC(C4CCC(C=C(F)F)CO4)CC3)CC2)CC1. The molecule has 2 nitrogen and oxygen atoms in total. The van der Waals surface area contributed by atoms with Gasteiger partial charge in [-0.3, -0.25) is 0 Å². The van der Waals surface area contributed by atoms with Crippen molar-refractivity contribution in [3.8, 4) is 0 Å². The van der Waals surface area contributed by atoms with Crippen LogP contribution in [0.15, 0.2) is 24.3 Å². The Morgan fingerprint density at radius 1 is 0.706 bits per heavy atom. The highest BCUT2D eigenvalue weighted by Gasteiger charge is 2.35. The molecule has 1 heterocycles. The van der Waals surface area contributed by atoms with E-state index in [9.17, 15) is 8.78 Å². The molecule has 0 aromatic heterocycles. The summed E-state index contributed by atoms with van der Waals surface area (Å²) in [6, 6.07) is 0. The first-order valence-corrected chi connectivity index (χ1v) is 14.5. The lowest BCUT2D eigenvalue weighted by molar-refractivity contribution is -0.0523. The normalized spacial score (nSPS) is 39.7. The van der Waals surface area contributed by atoms with Crippen LogP contribution >= 0.6 is 0 Å². The topological polar surface area (TPSA) is 18.5 Å². The van der Waals surface area contributed by atoms with E-state index in [1.54, 1.807) is 0 Å². The Morgan fingerprint density at radius 2 is 1.24 bits per heavy atom. The fraction of sp³-hybridized carbons (Fsp3) is 0.867. The van der Waals surface area contributed by atoms with Gasteiger partial charge in [-0.25, -0.2) is 0 Å². The van der Waals surface area contributed by atoms with E-state index in [0.29, 0.717) is 24.7 Å². The van der Waals surface area contributed by atoms with Gasteiger partial charge >= 0.3 is 0 Å². The summed E-state index contributed by atoms with van der Waals surface area (Å²) in [4.78, 5) is 0. The van der Waals surface area contributed by atoms with Gasteiger partial charge in [0, 0.05) is 12.5 Å². The Balaban J connectivity index is 1.10. The summed E-state index contributed by atoms with van der Waals surface area (Å²) in [6.07, 6.45) is 24.3. The van der Waals surface area contributed by atoms with Crippen LogP contribution in [0.5, 0.6) is 0 Å². The summed E-state index contributed by atoms with van der Waals surface area (Å²) in [5.41, 5.74) is 0. The van der Waals surface area contributed by atoms with Gasteiger partial charge in [0.05, 0.1) is 18.8 Å². The van der Waals surface area contributed by atoms with Gasteiger partial charge in [-0.05, 0) is 132 Å². The second-order valence-corrected chi connectivity index (χ2v) is 11.8. The van der Waals surface area contributed by atoms with Crippen LogP contribution in [-0.2, 0) is 9.47 Å². The monoisotopic (exact) mass is 478 g/mol. The number of allylic oxidation sites excluding steroid dienone is 2. The Morgan fingerprint density at radius 3 is 1.76 bits per heavy atom. The molecule has 4 aliphatic rings. The van der Waals surface area contributed by atoms with Crippen molar-refractivity contribution in [3.63, 3.8) is 0 Å². The van der Waals surface area contributed by atoms with Crippen molar-refractivity contribution in [1.82, 2.24) is 0 Å². The molecule has 2 atom stereocenters. The minimum atomic E-state index is -1.56. The van der Waals surface area contributed by atoms with Gasteiger partial charge in [-0.15, -0.1) is 0 Å². The molecule has 1 saturated heterocycles. The molecule has 1 aliphatic heterocycles. The zero-order valence-corrected chi connectivity index (χ0v) is 21.4. The summed E-state index contributed by atoms with van der Waals surface area (Å²) in [7, 11) is 0. The van der Waals surface area contributed by atoms with Crippen molar-refractivity contribution >= 4 is 0 Å². The van der Waals surface area contributed by atoms with Crippen molar-refractivity contribution in [3.05, 3.63) is 24.3 Å². The minimum absolute atomic E-state index is 0.0864. The first kappa shape index (κ1) is 26.3. The summed E-state index contributed by atoms with van der Waals surface area (Å²) in [5.74, 6) is 3.97. The van der Waals surface area contributed by atoms with Crippen molar-refractivity contribution in [2.75, 3.05) is 13.2 Å². The van der Waals surface area contributed by atoms with Gasteiger partial charge in [0.2, 0.25) is 0 Å². The molecule has 0 aromatic rings. The zero-order valence-electron chi connectivity index (χ0n) is 21.4. The average molecular weight is 479 g/mol. The number of halogens is 2. The van der Waals surface area contributed by atoms with Gasteiger partial charge in [0.25, 0.3) is 6.08 Å². The maximum absolute atomic E-state index is 12.5. The molecule has 34 heavy (non-hydrogen) atoms. The van der Waals surface area contributed by atoms with Gasteiger partial charge in [-0.2, -0.15) is 8.78 Å². The van der Waals surface area contributed by atoms with Crippen LogP contribution < -0.4 is 0 Å². The van der Waals surface area contributed by atoms with E-state index in [1.165, 1.54) is 77.0 Å². The van der Waals surface area contributed by atoms with E-state index in [-0.39, 0.29) is 5.92 Å². The quantitative estimate of drug-likeness (QED) is 0.325. The predicted molar refractivity (Wildman–Crippen MR) is 135 cm³/mol. The molecule has 0 bridgehead atoms. The van der Waals surface area contributed by atoms with E-state index < -0.39 is 6.08 Å². The van der Waals surface area contributed by atoms with Gasteiger partial charge in [0.15, 0.2) is 0 Å². The van der Waals surface area contributed by atoms with Crippen LogP contribution in [0.3, 0.4) is 0 Å². The first-order valence-electron chi connectivity index (χ1n) is 14.5. The molecular formula is C30H48F2O2. The van der Waals surface area contributed by atoms with Crippen LogP contribution in [0.25, 0.3) is 0 Å². The summed E-state index contributed by atoms with van der Waals surface area (Å²) >= 11 is 0. The maximum Gasteiger partial charge on any atom is 0.266 e. The second kappa shape index (κ2) is 13.5. The zero-order chi connectivity index (χ0) is 23.8. The number of hydrogen-bond acceptors (Lipinski definition) is 2. The highest BCUT2D eigenvalue weighted by Crippen LogP contribution is 2.44. The van der Waals surface area contributed by atoms with Crippen LogP contribution in [0.1, 0.15) is 103 Å². The van der Waals surface area contributed by atoms with Gasteiger partial charge in [0.1, 0.15) is 0 Å². The molecule has 0 spiro atoms. The number of ether oxygens (including phenoxy) is 2. The predicted octanol–water partition coefficient (Wildman–Crippen LogP) is 8.72. The van der Waals surface area contributed by atoms with E-state index in [2.05, 4.69) is 19.1 Å². The standard InChI is InChI=1S/C30H48F2O2/c1-2-19-33-28-16-7-23(8-17-28)4-3-22-5-10-25(11-6-22)26-12-14-27(15-13-26)29-18-9-24(21-34-29)20-30(31)32/h3-4,20,22-29H,2,5-19,21H2,1H3/b4-3+. The largest absolute Gasteiger partial charge is 0.378 e. The lowest BCUT2D eigenvalue weighted by Crippen LogP contribution is -2.35. The molecule has 0 radical (unpaired) electrons. The molecule has 4 rings (SSSR count). The van der Waals surface area contributed by atoms with Crippen molar-refractivity contribution in [2.45, 2.75) is 115 Å². The first-order chi connectivity index (χ1) is 16.6. The minimum Gasteiger partial charge on any atom is -0.378 e. The van der Waals surface area contributed by atoms with Gasteiger partial charge in [-0.1, -0.05) is 19.1 Å². The molecule has 2 unspecified atom stereocenters. The highest BCUT2D eigenvalue weighted by atomic mass is 19.3. The molecule has 3 aliphatic carbocycles. The Kier molecular flexibility index (Phi) is 10.5. The van der Waals surface area contributed by atoms with Crippen LogP contribution in [0.4, 0.5) is 8.78 Å². The third kappa shape index (κ3) is 7.88. The van der Waals surface area contributed by atoms with Crippen molar-refractivity contribution < 1.29 is 18.3 Å². The van der Waals surface area contributed by atoms with Crippen molar-refractivity contribution in [1.29, 1.82) is 0 Å².